The molecular weight excluding hydrogens is 434 g/mol. The zero-order valence-electron chi connectivity index (χ0n) is 19.6. The molecule has 7 heteroatoms. The first-order valence-corrected chi connectivity index (χ1v) is 11.3. The van der Waals surface area contributed by atoms with Gasteiger partial charge in [0.1, 0.15) is 24.7 Å². The van der Waals surface area contributed by atoms with Crippen molar-refractivity contribution in [1.29, 1.82) is 0 Å². The molecule has 180 valence electrons. The average Bonchev–Trinajstić information content (AvgIpc) is 3.38. The molecule has 0 saturated carbocycles. The van der Waals surface area contributed by atoms with Crippen LogP contribution in [0, 0.1) is 0 Å². The molecule has 0 radical (unpaired) electrons. The summed E-state index contributed by atoms with van der Waals surface area (Å²) in [6.45, 7) is 4.48. The van der Waals surface area contributed by atoms with Gasteiger partial charge >= 0.3 is 0 Å². The summed E-state index contributed by atoms with van der Waals surface area (Å²) in [6.07, 6.45) is 4.89. The van der Waals surface area contributed by atoms with Crippen molar-refractivity contribution in [3.05, 3.63) is 84.3 Å². The van der Waals surface area contributed by atoms with Crippen molar-refractivity contribution in [1.82, 2.24) is 4.90 Å². The molecule has 0 aliphatic carbocycles. The van der Waals surface area contributed by atoms with Crippen LogP contribution in [0.4, 0.5) is 0 Å². The molecule has 0 bridgehead atoms. The maximum Gasteiger partial charge on any atom is 0.247 e. The first-order valence-electron chi connectivity index (χ1n) is 11.3. The van der Waals surface area contributed by atoms with E-state index in [2.05, 4.69) is 0 Å². The molecule has 7 nitrogen and oxygen atoms in total. The predicted molar refractivity (Wildman–Crippen MR) is 130 cm³/mol. The number of hydrogen-bond donors (Lipinski definition) is 0. The Labute approximate surface area is 200 Å². The van der Waals surface area contributed by atoms with Crippen molar-refractivity contribution in [2.45, 2.75) is 13.5 Å². The van der Waals surface area contributed by atoms with Gasteiger partial charge in [-0.15, -0.1) is 0 Å². The van der Waals surface area contributed by atoms with Crippen LogP contribution in [0.15, 0.2) is 77.4 Å². The maximum absolute atomic E-state index is 12.8. The van der Waals surface area contributed by atoms with Gasteiger partial charge in [-0.2, -0.15) is 0 Å². The fourth-order valence-electron chi connectivity index (χ4n) is 3.18. The monoisotopic (exact) mass is 465 g/mol. The lowest BCUT2D eigenvalue weighted by molar-refractivity contribution is -0.127. The number of carbonyl (C=O) groups is 1. The molecule has 0 unspecified atom stereocenters. The third kappa shape index (κ3) is 8.01. The highest BCUT2D eigenvalue weighted by Crippen LogP contribution is 2.29. The third-order valence-electron chi connectivity index (χ3n) is 4.84. The third-order valence-corrected chi connectivity index (χ3v) is 4.84. The van der Waals surface area contributed by atoms with Gasteiger partial charge in [0, 0.05) is 19.7 Å². The van der Waals surface area contributed by atoms with Gasteiger partial charge in [-0.3, -0.25) is 4.79 Å². The van der Waals surface area contributed by atoms with Crippen LogP contribution in [0.25, 0.3) is 6.08 Å². The lowest BCUT2D eigenvalue weighted by Crippen LogP contribution is -2.31. The van der Waals surface area contributed by atoms with Gasteiger partial charge < -0.3 is 28.3 Å². The maximum atomic E-state index is 12.8. The highest BCUT2D eigenvalue weighted by molar-refractivity contribution is 5.91. The van der Waals surface area contributed by atoms with E-state index in [1.165, 1.54) is 6.08 Å². The van der Waals surface area contributed by atoms with Gasteiger partial charge in [0.2, 0.25) is 5.91 Å². The van der Waals surface area contributed by atoms with Gasteiger partial charge in [0.05, 0.1) is 26.0 Å². The van der Waals surface area contributed by atoms with Crippen molar-refractivity contribution < 1.29 is 28.2 Å². The fraction of sp³-hybridized carbons (Fsp3) is 0.296. The number of ether oxygens (including phenoxy) is 4. The minimum absolute atomic E-state index is 0.134. The van der Waals surface area contributed by atoms with Crippen molar-refractivity contribution in [2.75, 3.05) is 40.1 Å². The molecule has 3 aromatic rings. The number of nitrogens with zero attached hydrogens (tertiary/aromatic N) is 1. The van der Waals surface area contributed by atoms with E-state index in [4.69, 9.17) is 23.4 Å². The highest BCUT2D eigenvalue weighted by atomic mass is 16.5. The van der Waals surface area contributed by atoms with E-state index in [-0.39, 0.29) is 5.91 Å². The Bertz CT molecular complexity index is 1020. The van der Waals surface area contributed by atoms with Gasteiger partial charge in [-0.1, -0.05) is 24.3 Å². The summed E-state index contributed by atoms with van der Waals surface area (Å²) < 4.78 is 27.8. The largest absolute Gasteiger partial charge is 0.490 e. The van der Waals surface area contributed by atoms with Crippen molar-refractivity contribution in [2.24, 2.45) is 0 Å². The van der Waals surface area contributed by atoms with E-state index < -0.39 is 0 Å². The van der Waals surface area contributed by atoms with E-state index in [1.54, 1.807) is 30.4 Å². The molecule has 1 amide bonds. The average molecular weight is 466 g/mol. The molecular formula is C27H31NO6. The van der Waals surface area contributed by atoms with Crippen LogP contribution in [0.5, 0.6) is 17.2 Å². The van der Waals surface area contributed by atoms with Gasteiger partial charge in [-0.25, -0.2) is 0 Å². The number of rotatable bonds is 14. The summed E-state index contributed by atoms with van der Waals surface area (Å²) in [5.74, 6) is 2.62. The van der Waals surface area contributed by atoms with Gasteiger partial charge in [0.25, 0.3) is 0 Å². The fourth-order valence-corrected chi connectivity index (χ4v) is 3.18. The molecule has 0 N–H and O–H groups in total. The van der Waals surface area contributed by atoms with Crippen LogP contribution in [0.3, 0.4) is 0 Å². The van der Waals surface area contributed by atoms with Crippen LogP contribution in [0.1, 0.15) is 18.2 Å². The van der Waals surface area contributed by atoms with E-state index in [1.807, 2.05) is 61.5 Å². The second kappa shape index (κ2) is 13.7. The van der Waals surface area contributed by atoms with Crippen LogP contribution in [-0.2, 0) is 16.1 Å². The SMILES string of the molecule is CCOc1cc(/C=C/C(=O)N(CCOC)Cc2ccco2)ccc1OCCOc1ccccc1. The summed E-state index contributed by atoms with van der Waals surface area (Å²) in [4.78, 5) is 14.5. The lowest BCUT2D eigenvalue weighted by Gasteiger charge is -2.19. The van der Waals surface area contributed by atoms with E-state index >= 15 is 0 Å². The second-order valence-corrected chi connectivity index (χ2v) is 7.31. The Morgan fingerprint density at radius 1 is 0.941 bits per heavy atom. The Morgan fingerprint density at radius 2 is 1.76 bits per heavy atom. The number of para-hydroxylation sites is 1. The Morgan fingerprint density at radius 3 is 2.50 bits per heavy atom. The first-order chi connectivity index (χ1) is 16.7. The Balaban J connectivity index is 1.60. The number of amides is 1. The number of carbonyl (C=O) groups excluding carboxylic acids is 1. The normalized spacial score (nSPS) is 10.9. The molecule has 0 atom stereocenters. The standard InChI is InChI=1S/C27H31NO6/c1-3-31-26-20-22(11-13-25(26)34-19-18-33-23-8-5-4-6-9-23)12-14-27(29)28(15-17-30-2)21-24-10-7-16-32-24/h4-14,16,20H,3,15,17-19,21H2,1-2H3/b14-12+. The predicted octanol–water partition coefficient (Wildman–Crippen LogP) is 4.82. The Hall–Kier alpha value is -3.71. The van der Waals surface area contributed by atoms with Gasteiger partial charge in [0.15, 0.2) is 11.5 Å². The molecule has 0 spiro atoms. The molecule has 34 heavy (non-hydrogen) atoms. The number of benzene rings is 2. The molecule has 2 aromatic carbocycles. The summed E-state index contributed by atoms with van der Waals surface area (Å²) in [6, 6.07) is 18.8. The quantitative estimate of drug-likeness (QED) is 0.251. The molecule has 0 fully saturated rings. The van der Waals surface area contributed by atoms with Crippen molar-refractivity contribution >= 4 is 12.0 Å². The topological polar surface area (TPSA) is 70.4 Å². The summed E-state index contributed by atoms with van der Waals surface area (Å²) in [5.41, 5.74) is 0.828. The summed E-state index contributed by atoms with van der Waals surface area (Å²) in [7, 11) is 1.61. The highest BCUT2D eigenvalue weighted by Gasteiger charge is 2.13. The van der Waals surface area contributed by atoms with Crippen LogP contribution in [0.2, 0.25) is 0 Å². The van der Waals surface area contributed by atoms with Crippen LogP contribution >= 0.6 is 0 Å². The zero-order valence-corrected chi connectivity index (χ0v) is 19.6. The molecule has 0 aliphatic heterocycles. The summed E-state index contributed by atoms with van der Waals surface area (Å²) in [5, 5.41) is 0. The minimum atomic E-state index is -0.134. The number of hydrogen-bond acceptors (Lipinski definition) is 6. The number of methoxy groups -OCH3 is 1. The first kappa shape index (κ1) is 24.9. The van der Waals surface area contributed by atoms with E-state index in [0.29, 0.717) is 56.8 Å². The van der Waals surface area contributed by atoms with Crippen molar-refractivity contribution in [3.8, 4) is 17.2 Å². The smallest absolute Gasteiger partial charge is 0.247 e. The molecule has 0 saturated heterocycles. The van der Waals surface area contributed by atoms with Crippen LogP contribution < -0.4 is 14.2 Å². The minimum Gasteiger partial charge on any atom is -0.490 e. The lowest BCUT2D eigenvalue weighted by atomic mass is 10.2. The molecule has 3 rings (SSSR count). The number of furan rings is 1. The Kier molecular flexibility index (Phi) is 10.1. The zero-order chi connectivity index (χ0) is 24.0. The molecule has 1 heterocycles. The molecule has 0 aliphatic rings. The van der Waals surface area contributed by atoms with Gasteiger partial charge in [-0.05, 0) is 55.0 Å². The van der Waals surface area contributed by atoms with Crippen molar-refractivity contribution in [3.63, 3.8) is 0 Å². The molecule has 1 aromatic heterocycles. The van der Waals surface area contributed by atoms with E-state index in [9.17, 15) is 4.79 Å². The summed E-state index contributed by atoms with van der Waals surface area (Å²) >= 11 is 0. The van der Waals surface area contributed by atoms with Crippen LogP contribution in [-0.4, -0.2) is 50.9 Å². The van der Waals surface area contributed by atoms with E-state index in [0.717, 1.165) is 11.3 Å². The second-order valence-electron chi connectivity index (χ2n) is 7.31.